The summed E-state index contributed by atoms with van der Waals surface area (Å²) in [6, 6.07) is 5.56. The van der Waals surface area contributed by atoms with Crippen LogP contribution in [0.1, 0.15) is 24.1 Å². The molecule has 0 aliphatic heterocycles. The molecule has 0 spiro atoms. The Morgan fingerprint density at radius 2 is 2.30 bits per heavy atom. The third-order valence-corrected chi connectivity index (χ3v) is 3.30. The molecule has 0 unspecified atom stereocenters. The van der Waals surface area contributed by atoms with Crippen LogP contribution >= 0.6 is 0 Å². The maximum atomic E-state index is 13.6. The number of nitrogens with zero attached hydrogens (tertiary/aromatic N) is 3. The van der Waals surface area contributed by atoms with Gasteiger partial charge in [-0.05, 0) is 30.5 Å². The highest BCUT2D eigenvalue weighted by Gasteiger charge is 2.20. The van der Waals surface area contributed by atoms with Crippen LogP contribution in [0.4, 0.5) is 4.39 Å². The summed E-state index contributed by atoms with van der Waals surface area (Å²) in [6.07, 6.45) is 4.38. The summed E-state index contributed by atoms with van der Waals surface area (Å²) >= 11 is 0. The molecule has 3 rings (SSSR count). The molecule has 2 aromatic rings. The maximum absolute atomic E-state index is 13.6. The predicted molar refractivity (Wildman–Crippen MR) is 71.9 cm³/mol. The molecule has 1 aliphatic carbocycles. The van der Waals surface area contributed by atoms with Crippen LogP contribution in [0.2, 0.25) is 0 Å². The molecule has 0 saturated heterocycles. The lowest BCUT2D eigenvalue weighted by molar-refractivity contribution is 0.386. The minimum absolute atomic E-state index is 0.252. The fraction of sp³-hybridized carbons (Fsp3) is 0.429. The fourth-order valence-corrected chi connectivity index (χ4v) is 2.03. The molecule has 1 aliphatic rings. The molecule has 1 fully saturated rings. The van der Waals surface area contributed by atoms with Gasteiger partial charge in [-0.15, -0.1) is 5.10 Å². The quantitative estimate of drug-likeness (QED) is 0.873. The van der Waals surface area contributed by atoms with E-state index in [0.29, 0.717) is 12.6 Å². The first-order chi connectivity index (χ1) is 9.74. The topological polar surface area (TPSA) is 52.0 Å². The summed E-state index contributed by atoms with van der Waals surface area (Å²) in [5.41, 5.74) is 1.74. The summed E-state index contributed by atoms with van der Waals surface area (Å²) in [4.78, 5) is 0. The normalized spacial score (nSPS) is 14.5. The van der Waals surface area contributed by atoms with Gasteiger partial charge in [0.25, 0.3) is 0 Å². The zero-order valence-corrected chi connectivity index (χ0v) is 11.3. The highest BCUT2D eigenvalue weighted by molar-refractivity contribution is 5.29. The Kier molecular flexibility index (Phi) is 3.64. The summed E-state index contributed by atoms with van der Waals surface area (Å²) < 4.78 is 20.2. The van der Waals surface area contributed by atoms with Crippen LogP contribution in [-0.4, -0.2) is 28.1 Å². The van der Waals surface area contributed by atoms with Crippen molar-refractivity contribution in [3.8, 4) is 5.75 Å². The average molecular weight is 276 g/mol. The summed E-state index contributed by atoms with van der Waals surface area (Å²) in [7, 11) is 1.45. The third-order valence-electron chi connectivity index (χ3n) is 3.30. The van der Waals surface area contributed by atoms with Gasteiger partial charge in [-0.25, -0.2) is 9.07 Å². The van der Waals surface area contributed by atoms with Gasteiger partial charge in [0.2, 0.25) is 0 Å². The number of nitrogens with one attached hydrogen (secondary N) is 1. The molecule has 6 heteroatoms. The lowest BCUT2D eigenvalue weighted by Gasteiger charge is -2.05. The molecule has 5 nitrogen and oxygen atoms in total. The predicted octanol–water partition coefficient (Wildman–Crippen LogP) is 1.73. The maximum Gasteiger partial charge on any atom is 0.165 e. The molecule has 0 bridgehead atoms. The van der Waals surface area contributed by atoms with Crippen LogP contribution in [0.15, 0.2) is 24.4 Å². The lowest BCUT2D eigenvalue weighted by atomic mass is 10.2. The molecule has 1 aromatic carbocycles. The Morgan fingerprint density at radius 3 is 3.00 bits per heavy atom. The number of hydrogen-bond acceptors (Lipinski definition) is 4. The number of benzene rings is 1. The van der Waals surface area contributed by atoms with Crippen molar-refractivity contribution in [1.82, 2.24) is 20.3 Å². The molecule has 20 heavy (non-hydrogen) atoms. The zero-order chi connectivity index (χ0) is 13.9. The molecule has 106 valence electrons. The van der Waals surface area contributed by atoms with E-state index >= 15 is 0 Å². The SMILES string of the molecule is COc1ccc(Cn2cc(CNC3CC3)nn2)cc1F. The van der Waals surface area contributed by atoms with Gasteiger partial charge < -0.3 is 10.1 Å². The van der Waals surface area contributed by atoms with Gasteiger partial charge in [-0.1, -0.05) is 11.3 Å². The van der Waals surface area contributed by atoms with Crippen molar-refractivity contribution in [2.45, 2.75) is 32.0 Å². The van der Waals surface area contributed by atoms with Crippen molar-refractivity contribution in [2.75, 3.05) is 7.11 Å². The van der Waals surface area contributed by atoms with Crippen LogP contribution < -0.4 is 10.1 Å². The first kappa shape index (κ1) is 13.1. The van der Waals surface area contributed by atoms with Crippen molar-refractivity contribution in [1.29, 1.82) is 0 Å². The van der Waals surface area contributed by atoms with Crippen LogP contribution in [0.3, 0.4) is 0 Å². The molecule has 0 amide bonds. The monoisotopic (exact) mass is 276 g/mol. The molecule has 1 saturated carbocycles. The van der Waals surface area contributed by atoms with E-state index in [1.54, 1.807) is 10.7 Å². The first-order valence-corrected chi connectivity index (χ1v) is 6.69. The van der Waals surface area contributed by atoms with Gasteiger partial charge in [0, 0.05) is 12.6 Å². The van der Waals surface area contributed by atoms with E-state index in [1.165, 1.54) is 26.0 Å². The molecular formula is C14H17FN4O. The van der Waals surface area contributed by atoms with E-state index in [-0.39, 0.29) is 11.6 Å². The third kappa shape index (κ3) is 3.14. The number of ether oxygens (including phenoxy) is 1. The number of methoxy groups -OCH3 is 1. The summed E-state index contributed by atoms with van der Waals surface area (Å²) in [6.45, 7) is 1.24. The van der Waals surface area contributed by atoms with Crippen molar-refractivity contribution in [3.63, 3.8) is 0 Å². The van der Waals surface area contributed by atoms with Gasteiger partial charge >= 0.3 is 0 Å². The largest absolute Gasteiger partial charge is 0.494 e. The molecular weight excluding hydrogens is 259 g/mol. The van der Waals surface area contributed by atoms with Crippen LogP contribution in [0.25, 0.3) is 0 Å². The van der Waals surface area contributed by atoms with E-state index < -0.39 is 0 Å². The Morgan fingerprint density at radius 1 is 1.45 bits per heavy atom. The van der Waals surface area contributed by atoms with Crippen molar-refractivity contribution < 1.29 is 9.13 Å². The van der Waals surface area contributed by atoms with Crippen LogP contribution in [0.5, 0.6) is 5.75 Å². The van der Waals surface area contributed by atoms with E-state index in [2.05, 4.69) is 15.6 Å². The van der Waals surface area contributed by atoms with E-state index in [9.17, 15) is 4.39 Å². The Bertz CT molecular complexity index is 595. The molecule has 0 radical (unpaired) electrons. The summed E-state index contributed by atoms with van der Waals surface area (Å²) in [5.74, 6) is -0.109. The first-order valence-electron chi connectivity index (χ1n) is 6.69. The Balaban J connectivity index is 1.63. The van der Waals surface area contributed by atoms with Crippen molar-refractivity contribution in [2.24, 2.45) is 0 Å². The van der Waals surface area contributed by atoms with Gasteiger partial charge in [0.1, 0.15) is 0 Å². The fourth-order valence-electron chi connectivity index (χ4n) is 2.03. The summed E-state index contributed by atoms with van der Waals surface area (Å²) in [5, 5.41) is 11.5. The average Bonchev–Trinajstić information content (AvgIpc) is 3.17. The minimum atomic E-state index is -0.360. The highest BCUT2D eigenvalue weighted by atomic mass is 19.1. The minimum Gasteiger partial charge on any atom is -0.494 e. The van der Waals surface area contributed by atoms with Crippen LogP contribution in [0, 0.1) is 5.82 Å². The van der Waals surface area contributed by atoms with Gasteiger partial charge in [0.05, 0.1) is 25.5 Å². The lowest BCUT2D eigenvalue weighted by Crippen LogP contribution is -2.15. The second-order valence-corrected chi connectivity index (χ2v) is 5.03. The molecule has 1 N–H and O–H groups in total. The van der Waals surface area contributed by atoms with Crippen molar-refractivity contribution >= 4 is 0 Å². The Hall–Kier alpha value is -1.95. The standard InChI is InChI=1S/C14H17FN4O/c1-20-14-5-2-10(6-13(14)15)8-19-9-12(17-18-19)7-16-11-3-4-11/h2,5-6,9,11,16H,3-4,7-8H2,1H3. The number of halogens is 1. The van der Waals surface area contributed by atoms with Gasteiger partial charge in [-0.2, -0.15) is 0 Å². The molecule has 1 heterocycles. The second-order valence-electron chi connectivity index (χ2n) is 5.03. The number of rotatable bonds is 6. The zero-order valence-electron chi connectivity index (χ0n) is 11.3. The van der Waals surface area contributed by atoms with Gasteiger partial charge in [-0.3, -0.25) is 0 Å². The van der Waals surface area contributed by atoms with Crippen LogP contribution in [-0.2, 0) is 13.1 Å². The number of aromatic nitrogens is 3. The van der Waals surface area contributed by atoms with Gasteiger partial charge in [0.15, 0.2) is 11.6 Å². The smallest absolute Gasteiger partial charge is 0.165 e. The van der Waals surface area contributed by atoms with E-state index in [0.717, 1.165) is 17.8 Å². The number of hydrogen-bond donors (Lipinski definition) is 1. The molecule has 0 atom stereocenters. The second kappa shape index (κ2) is 5.58. The molecule has 1 aromatic heterocycles. The van der Waals surface area contributed by atoms with Crippen molar-refractivity contribution in [3.05, 3.63) is 41.5 Å². The Labute approximate surface area is 116 Å². The van der Waals surface area contributed by atoms with E-state index in [1.807, 2.05) is 12.3 Å². The highest BCUT2D eigenvalue weighted by Crippen LogP contribution is 2.19. The van der Waals surface area contributed by atoms with E-state index in [4.69, 9.17) is 4.74 Å².